The molecule has 0 aliphatic carbocycles. The van der Waals surface area contributed by atoms with E-state index in [9.17, 15) is 9.90 Å². The fourth-order valence-electron chi connectivity index (χ4n) is 4.52. The lowest BCUT2D eigenvalue weighted by atomic mass is 10.2. The summed E-state index contributed by atoms with van der Waals surface area (Å²) in [6.07, 6.45) is 0.768. The molecule has 3 aromatic rings. The molecule has 1 atom stereocenters. The molecule has 35 heavy (non-hydrogen) atoms. The lowest BCUT2D eigenvalue weighted by Gasteiger charge is -2.35. The first-order chi connectivity index (χ1) is 16.9. The maximum Gasteiger partial charge on any atom is 0.251 e. The van der Waals surface area contributed by atoms with Gasteiger partial charge in [0.1, 0.15) is 11.9 Å². The smallest absolute Gasteiger partial charge is 0.251 e. The molecular weight excluding hydrogens is 466 g/mol. The molecule has 2 fully saturated rings. The van der Waals surface area contributed by atoms with Gasteiger partial charge in [0.05, 0.1) is 23.4 Å². The summed E-state index contributed by atoms with van der Waals surface area (Å²) in [4.78, 5) is 33.9. The van der Waals surface area contributed by atoms with Crippen LogP contribution < -0.4 is 10.6 Å². The molecule has 2 aliphatic heterocycles. The number of piperazine rings is 1. The van der Waals surface area contributed by atoms with Crippen molar-refractivity contribution in [3.63, 3.8) is 0 Å². The van der Waals surface area contributed by atoms with E-state index >= 15 is 0 Å². The molecule has 0 saturated carbocycles. The fraction of sp³-hybridized carbons (Fsp3) is 0.500. The van der Waals surface area contributed by atoms with Crippen molar-refractivity contribution in [1.29, 1.82) is 0 Å². The number of aryl methyl sites for hydroxylation is 1. The number of aliphatic hydroxyl groups is 1. The summed E-state index contributed by atoms with van der Waals surface area (Å²) in [5.74, 6) is 1.85. The van der Waals surface area contributed by atoms with Crippen molar-refractivity contribution in [3.05, 3.63) is 28.8 Å². The number of anilines is 2. The van der Waals surface area contributed by atoms with Crippen LogP contribution in [0.4, 0.5) is 11.6 Å². The molecule has 5 heterocycles. The van der Waals surface area contributed by atoms with Gasteiger partial charge in [-0.3, -0.25) is 9.69 Å². The molecule has 0 aromatic carbocycles. The average Bonchev–Trinajstić information content (AvgIpc) is 3.19. The number of rotatable bonds is 5. The number of hydrogen-bond acceptors (Lipinski definition) is 10. The zero-order valence-electron chi connectivity index (χ0n) is 20.1. The largest absolute Gasteiger partial charge is 0.384 e. The van der Waals surface area contributed by atoms with Crippen molar-refractivity contribution in [2.75, 3.05) is 63.1 Å². The molecule has 0 spiro atoms. The number of pyridine rings is 1. The molecule has 1 amide bonds. The van der Waals surface area contributed by atoms with Crippen LogP contribution in [0.5, 0.6) is 0 Å². The first kappa shape index (κ1) is 23.9. The molecule has 2 saturated heterocycles. The van der Waals surface area contributed by atoms with E-state index in [0.717, 1.165) is 59.9 Å². The number of ether oxygens (including phenoxy) is 1. The van der Waals surface area contributed by atoms with Crippen LogP contribution in [0, 0.1) is 6.92 Å². The number of carbonyl (C=O) groups is 1. The minimum absolute atomic E-state index is 0.196. The molecule has 10 nitrogen and oxygen atoms in total. The van der Waals surface area contributed by atoms with E-state index in [0.29, 0.717) is 37.9 Å². The van der Waals surface area contributed by atoms with Gasteiger partial charge < -0.3 is 25.4 Å². The van der Waals surface area contributed by atoms with Crippen LogP contribution in [0.3, 0.4) is 0 Å². The predicted octanol–water partition coefficient (Wildman–Crippen LogP) is 1.51. The van der Waals surface area contributed by atoms with Crippen LogP contribution in [0.1, 0.15) is 17.4 Å². The van der Waals surface area contributed by atoms with Crippen LogP contribution in [0.25, 0.3) is 21.6 Å². The fourth-order valence-corrected chi connectivity index (χ4v) is 5.82. The van der Waals surface area contributed by atoms with Crippen LogP contribution >= 0.6 is 11.3 Å². The third kappa shape index (κ3) is 4.94. The topological polar surface area (TPSA) is 121 Å². The highest BCUT2D eigenvalue weighted by Crippen LogP contribution is 2.38. The van der Waals surface area contributed by atoms with Gasteiger partial charge in [0.15, 0.2) is 11.6 Å². The minimum atomic E-state index is -0.950. The molecular formula is C24H31N7O3S. The Balaban J connectivity index is 1.45. The molecule has 0 bridgehead atoms. The average molecular weight is 498 g/mol. The molecule has 0 radical (unpaired) electrons. The number of nitrogens with zero attached hydrogens (tertiary/aromatic N) is 6. The number of carbonyl (C=O) groups excluding carboxylic acids is 1. The summed E-state index contributed by atoms with van der Waals surface area (Å²) >= 11 is 1.75. The third-order valence-corrected chi connectivity index (χ3v) is 7.87. The Morgan fingerprint density at radius 2 is 1.91 bits per heavy atom. The standard InChI is InChI=1S/C24H31N7O3S/c1-15-18(14-29-5-7-31(8-6-29)24(33)16(2)32)35-21-20(15)27-22(17-3-4-19(25)26-13-17)28-23(21)30-9-11-34-12-10-30/h3-4,13,16,32H,5-12,14H2,1-2H3,(H2,25,26)/t16-/m0/s1. The summed E-state index contributed by atoms with van der Waals surface area (Å²) < 4.78 is 6.67. The highest BCUT2D eigenvalue weighted by molar-refractivity contribution is 7.19. The number of amides is 1. The highest BCUT2D eigenvalue weighted by Gasteiger charge is 2.26. The Morgan fingerprint density at radius 1 is 1.17 bits per heavy atom. The van der Waals surface area contributed by atoms with Crippen molar-refractivity contribution in [2.45, 2.75) is 26.5 Å². The summed E-state index contributed by atoms with van der Waals surface area (Å²) in [7, 11) is 0. The third-order valence-electron chi connectivity index (χ3n) is 6.61. The van der Waals surface area contributed by atoms with E-state index in [4.69, 9.17) is 20.4 Å². The lowest BCUT2D eigenvalue weighted by molar-refractivity contribution is -0.141. The van der Waals surface area contributed by atoms with Crippen LogP contribution in [0.15, 0.2) is 18.3 Å². The summed E-state index contributed by atoms with van der Waals surface area (Å²) in [6.45, 7) is 10.2. The Kier molecular flexibility index (Phi) is 6.83. The maximum absolute atomic E-state index is 12.1. The molecule has 3 aromatic heterocycles. The number of hydrogen-bond donors (Lipinski definition) is 2. The summed E-state index contributed by atoms with van der Waals surface area (Å²) in [5, 5.41) is 9.61. The number of nitrogens with two attached hydrogens (primary N) is 1. The van der Waals surface area contributed by atoms with E-state index < -0.39 is 6.10 Å². The first-order valence-corrected chi connectivity index (χ1v) is 12.8. The molecule has 2 aliphatic rings. The van der Waals surface area contributed by atoms with E-state index in [1.807, 2.05) is 6.07 Å². The number of fused-ring (bicyclic) bond motifs is 1. The second-order valence-electron chi connectivity index (χ2n) is 9.05. The Hall–Kier alpha value is -2.86. The van der Waals surface area contributed by atoms with Crippen LogP contribution in [-0.4, -0.2) is 94.4 Å². The highest BCUT2D eigenvalue weighted by atomic mass is 32.1. The second-order valence-corrected chi connectivity index (χ2v) is 10.2. The van der Waals surface area contributed by atoms with E-state index in [1.54, 1.807) is 28.5 Å². The normalized spacial score (nSPS) is 18.3. The van der Waals surface area contributed by atoms with Gasteiger partial charge in [0.2, 0.25) is 0 Å². The quantitative estimate of drug-likeness (QED) is 0.540. The molecule has 0 unspecified atom stereocenters. The van der Waals surface area contributed by atoms with Crippen molar-refractivity contribution < 1.29 is 14.6 Å². The Bertz CT molecular complexity index is 1200. The van der Waals surface area contributed by atoms with Gasteiger partial charge in [-0.05, 0) is 31.5 Å². The van der Waals surface area contributed by atoms with Gasteiger partial charge in [-0.2, -0.15) is 0 Å². The lowest BCUT2D eigenvalue weighted by Crippen LogP contribution is -2.50. The summed E-state index contributed by atoms with van der Waals surface area (Å²) in [6, 6.07) is 3.67. The Morgan fingerprint density at radius 3 is 2.57 bits per heavy atom. The van der Waals surface area contributed by atoms with Gasteiger partial charge >= 0.3 is 0 Å². The first-order valence-electron chi connectivity index (χ1n) is 11.9. The van der Waals surface area contributed by atoms with E-state index in [2.05, 4.69) is 21.7 Å². The second kappa shape index (κ2) is 10.0. The van der Waals surface area contributed by atoms with E-state index in [1.165, 1.54) is 11.8 Å². The van der Waals surface area contributed by atoms with Gasteiger partial charge in [-0.15, -0.1) is 11.3 Å². The van der Waals surface area contributed by atoms with Crippen LogP contribution in [0.2, 0.25) is 0 Å². The van der Waals surface area contributed by atoms with Gasteiger partial charge in [-0.1, -0.05) is 0 Å². The van der Waals surface area contributed by atoms with Gasteiger partial charge in [-0.25, -0.2) is 15.0 Å². The molecule has 11 heteroatoms. The monoisotopic (exact) mass is 497 g/mol. The number of thiophene rings is 1. The van der Waals surface area contributed by atoms with Crippen LogP contribution in [-0.2, 0) is 16.1 Å². The van der Waals surface area contributed by atoms with Gasteiger partial charge in [0, 0.05) is 62.5 Å². The zero-order valence-corrected chi connectivity index (χ0v) is 20.9. The Labute approximate surface area is 208 Å². The molecule has 3 N–H and O–H groups in total. The van der Waals surface area contributed by atoms with Crippen molar-refractivity contribution in [3.8, 4) is 11.4 Å². The van der Waals surface area contributed by atoms with E-state index in [-0.39, 0.29) is 5.91 Å². The summed E-state index contributed by atoms with van der Waals surface area (Å²) in [5.41, 5.74) is 8.75. The van der Waals surface area contributed by atoms with Gasteiger partial charge in [0.25, 0.3) is 5.91 Å². The number of aromatic nitrogens is 3. The zero-order chi connectivity index (χ0) is 24.5. The SMILES string of the molecule is Cc1c(CN2CCN(C(=O)[C@H](C)O)CC2)sc2c(N3CCOCC3)nc(-c3ccc(N)nc3)nc12. The van der Waals surface area contributed by atoms with Crippen molar-refractivity contribution in [2.24, 2.45) is 0 Å². The number of nitrogen functional groups attached to an aromatic ring is 1. The number of aliphatic hydroxyl groups excluding tert-OH is 1. The molecule has 5 rings (SSSR count). The predicted molar refractivity (Wildman–Crippen MR) is 136 cm³/mol. The molecule has 186 valence electrons. The minimum Gasteiger partial charge on any atom is -0.384 e. The van der Waals surface area contributed by atoms with Crippen molar-refractivity contribution in [1.82, 2.24) is 24.8 Å². The maximum atomic E-state index is 12.1. The van der Waals surface area contributed by atoms with Crippen molar-refractivity contribution >= 4 is 39.1 Å². The number of morpholine rings is 1.